The fourth-order valence-electron chi connectivity index (χ4n) is 2.15. The number of carbonyl (C=O) groups is 1. The standard InChI is InChI=1S/C13H17ClN2O2/c1-16-7-3-6-15-12(13(16)17)10-8-9(14)4-5-11(10)18-2/h4-5,8,12,15H,3,6-7H2,1-2H3. The fraction of sp³-hybridized carbons (Fsp3) is 0.462. The molecule has 1 fully saturated rings. The minimum atomic E-state index is -0.383. The zero-order valence-corrected chi connectivity index (χ0v) is 11.3. The largest absolute Gasteiger partial charge is 0.496 e. The molecule has 1 amide bonds. The molecule has 1 atom stereocenters. The SMILES string of the molecule is COc1ccc(Cl)cc1C1NCCCN(C)C1=O. The molecule has 0 radical (unpaired) electrons. The maximum atomic E-state index is 12.3. The van der Waals surface area contributed by atoms with Gasteiger partial charge in [0.15, 0.2) is 0 Å². The number of hydrogen-bond donors (Lipinski definition) is 1. The van der Waals surface area contributed by atoms with Crippen LogP contribution in [0.5, 0.6) is 5.75 Å². The zero-order chi connectivity index (χ0) is 13.1. The van der Waals surface area contributed by atoms with E-state index in [1.165, 1.54) is 0 Å². The molecule has 2 rings (SSSR count). The molecule has 0 aliphatic carbocycles. The number of amides is 1. The highest BCUT2D eigenvalue weighted by molar-refractivity contribution is 6.30. The van der Waals surface area contributed by atoms with Crippen molar-refractivity contribution in [3.63, 3.8) is 0 Å². The summed E-state index contributed by atoms with van der Waals surface area (Å²) in [7, 11) is 3.41. The Kier molecular flexibility index (Phi) is 4.09. The number of nitrogens with zero attached hydrogens (tertiary/aromatic N) is 1. The van der Waals surface area contributed by atoms with Crippen molar-refractivity contribution in [2.24, 2.45) is 0 Å². The molecule has 0 aromatic heterocycles. The molecule has 98 valence electrons. The predicted octanol–water partition coefficient (Wildman–Crippen LogP) is 1.84. The van der Waals surface area contributed by atoms with Gasteiger partial charge in [-0.25, -0.2) is 0 Å². The van der Waals surface area contributed by atoms with E-state index < -0.39 is 0 Å². The summed E-state index contributed by atoms with van der Waals surface area (Å²) in [6.07, 6.45) is 0.946. The van der Waals surface area contributed by atoms with Crippen LogP contribution in [0.25, 0.3) is 0 Å². The Hall–Kier alpha value is -1.26. The van der Waals surface area contributed by atoms with E-state index in [2.05, 4.69) is 5.32 Å². The number of ether oxygens (including phenoxy) is 1. The average molecular weight is 269 g/mol. The van der Waals surface area contributed by atoms with Crippen LogP contribution in [0.2, 0.25) is 5.02 Å². The molecule has 18 heavy (non-hydrogen) atoms. The van der Waals surface area contributed by atoms with E-state index in [0.29, 0.717) is 10.8 Å². The third kappa shape index (κ3) is 2.60. The molecule has 4 nitrogen and oxygen atoms in total. The van der Waals surface area contributed by atoms with Crippen LogP contribution in [-0.4, -0.2) is 38.1 Å². The lowest BCUT2D eigenvalue weighted by atomic mass is 10.0. The van der Waals surface area contributed by atoms with Gasteiger partial charge in [-0.3, -0.25) is 4.79 Å². The van der Waals surface area contributed by atoms with Crippen molar-refractivity contribution in [1.29, 1.82) is 0 Å². The monoisotopic (exact) mass is 268 g/mol. The maximum absolute atomic E-state index is 12.3. The third-order valence-corrected chi connectivity index (χ3v) is 3.38. The molecule has 0 spiro atoms. The fourth-order valence-corrected chi connectivity index (χ4v) is 2.33. The minimum Gasteiger partial charge on any atom is -0.496 e. The van der Waals surface area contributed by atoms with Crippen molar-refractivity contribution in [2.75, 3.05) is 27.2 Å². The molecule has 1 unspecified atom stereocenters. The minimum absolute atomic E-state index is 0.0491. The van der Waals surface area contributed by atoms with Gasteiger partial charge in [-0.15, -0.1) is 0 Å². The van der Waals surface area contributed by atoms with Crippen molar-refractivity contribution in [3.8, 4) is 5.75 Å². The summed E-state index contributed by atoms with van der Waals surface area (Å²) in [5, 5.41) is 3.85. The lowest BCUT2D eigenvalue weighted by Gasteiger charge is -2.22. The van der Waals surface area contributed by atoms with Crippen molar-refractivity contribution >= 4 is 17.5 Å². The van der Waals surface area contributed by atoms with Gasteiger partial charge in [-0.2, -0.15) is 0 Å². The van der Waals surface area contributed by atoms with E-state index in [1.54, 1.807) is 30.2 Å². The second kappa shape index (κ2) is 5.59. The molecule has 1 heterocycles. The summed E-state index contributed by atoms with van der Waals surface area (Å²) in [5.41, 5.74) is 0.795. The highest BCUT2D eigenvalue weighted by atomic mass is 35.5. The summed E-state index contributed by atoms with van der Waals surface area (Å²) >= 11 is 6.01. The first kappa shape index (κ1) is 13.2. The number of benzene rings is 1. The van der Waals surface area contributed by atoms with Crippen LogP contribution in [0.3, 0.4) is 0 Å². The van der Waals surface area contributed by atoms with Crippen molar-refractivity contribution < 1.29 is 9.53 Å². The number of likely N-dealkylation sites (N-methyl/N-ethyl adjacent to an activating group) is 1. The van der Waals surface area contributed by atoms with Crippen LogP contribution in [0.4, 0.5) is 0 Å². The van der Waals surface area contributed by atoms with Gasteiger partial charge in [0.05, 0.1) is 7.11 Å². The number of halogens is 1. The number of methoxy groups -OCH3 is 1. The molecule has 1 aromatic carbocycles. The Labute approximate surface area is 112 Å². The van der Waals surface area contributed by atoms with Gasteiger partial charge in [0.2, 0.25) is 5.91 Å². The van der Waals surface area contributed by atoms with Crippen molar-refractivity contribution in [2.45, 2.75) is 12.5 Å². The summed E-state index contributed by atoms with van der Waals surface area (Å²) < 4.78 is 5.31. The van der Waals surface area contributed by atoms with Crippen LogP contribution in [0, 0.1) is 0 Å². The Bertz CT molecular complexity index is 451. The van der Waals surface area contributed by atoms with Gasteiger partial charge in [0.1, 0.15) is 11.8 Å². The molecule has 0 bridgehead atoms. The van der Waals surface area contributed by atoms with Crippen LogP contribution >= 0.6 is 11.6 Å². The lowest BCUT2D eigenvalue weighted by Crippen LogP contribution is -2.35. The zero-order valence-electron chi connectivity index (χ0n) is 10.6. The van der Waals surface area contributed by atoms with Crippen molar-refractivity contribution in [3.05, 3.63) is 28.8 Å². The molecule has 5 heteroatoms. The molecule has 1 aromatic rings. The Morgan fingerprint density at radius 1 is 1.50 bits per heavy atom. The quantitative estimate of drug-likeness (QED) is 0.890. The number of carbonyl (C=O) groups excluding carboxylic acids is 1. The topological polar surface area (TPSA) is 41.6 Å². The summed E-state index contributed by atoms with van der Waals surface area (Å²) in [6.45, 7) is 1.57. The molecule has 1 aliphatic heterocycles. The normalized spacial score (nSPS) is 20.7. The van der Waals surface area contributed by atoms with Gasteiger partial charge in [-0.05, 0) is 31.2 Å². The maximum Gasteiger partial charge on any atom is 0.244 e. The number of rotatable bonds is 2. The first-order valence-electron chi connectivity index (χ1n) is 5.95. The average Bonchev–Trinajstić information content (AvgIpc) is 2.53. The Morgan fingerprint density at radius 3 is 3.00 bits per heavy atom. The van der Waals surface area contributed by atoms with Gasteiger partial charge < -0.3 is 15.0 Å². The van der Waals surface area contributed by atoms with Crippen molar-refractivity contribution in [1.82, 2.24) is 10.2 Å². The van der Waals surface area contributed by atoms with E-state index in [4.69, 9.17) is 16.3 Å². The van der Waals surface area contributed by atoms with Crippen LogP contribution in [0.1, 0.15) is 18.0 Å². The molecule has 0 saturated carbocycles. The van der Waals surface area contributed by atoms with E-state index in [-0.39, 0.29) is 11.9 Å². The number of nitrogens with one attached hydrogen (secondary N) is 1. The summed E-state index contributed by atoms with van der Waals surface area (Å²) in [5.74, 6) is 0.730. The third-order valence-electron chi connectivity index (χ3n) is 3.14. The highest BCUT2D eigenvalue weighted by Crippen LogP contribution is 2.30. The molecule has 1 N–H and O–H groups in total. The first-order valence-corrected chi connectivity index (χ1v) is 6.33. The van der Waals surface area contributed by atoms with Gasteiger partial charge in [-0.1, -0.05) is 11.6 Å². The molecular formula is C13H17ClN2O2. The van der Waals surface area contributed by atoms with E-state index in [1.807, 2.05) is 7.05 Å². The second-order valence-corrected chi connectivity index (χ2v) is 4.82. The van der Waals surface area contributed by atoms with Gasteiger partial charge >= 0.3 is 0 Å². The van der Waals surface area contributed by atoms with Crippen LogP contribution in [0.15, 0.2) is 18.2 Å². The lowest BCUT2D eigenvalue weighted by molar-refractivity contribution is -0.131. The highest BCUT2D eigenvalue weighted by Gasteiger charge is 2.28. The molecule has 1 saturated heterocycles. The number of hydrogen-bond acceptors (Lipinski definition) is 3. The molecular weight excluding hydrogens is 252 g/mol. The predicted molar refractivity (Wildman–Crippen MR) is 71.0 cm³/mol. The van der Waals surface area contributed by atoms with Crippen LogP contribution < -0.4 is 10.1 Å². The Balaban J connectivity index is 2.39. The summed E-state index contributed by atoms with van der Waals surface area (Å²) in [6, 6.07) is 4.95. The van der Waals surface area contributed by atoms with E-state index in [9.17, 15) is 4.79 Å². The second-order valence-electron chi connectivity index (χ2n) is 4.39. The molecule has 1 aliphatic rings. The van der Waals surface area contributed by atoms with Gasteiger partial charge in [0, 0.05) is 24.2 Å². The summed E-state index contributed by atoms with van der Waals surface area (Å²) in [4.78, 5) is 14.0. The van der Waals surface area contributed by atoms with Gasteiger partial charge in [0.25, 0.3) is 0 Å². The van der Waals surface area contributed by atoms with E-state index in [0.717, 1.165) is 25.1 Å². The van der Waals surface area contributed by atoms with E-state index >= 15 is 0 Å². The van der Waals surface area contributed by atoms with Crippen LogP contribution in [-0.2, 0) is 4.79 Å². The Morgan fingerprint density at radius 2 is 2.28 bits per heavy atom. The smallest absolute Gasteiger partial charge is 0.244 e. The first-order chi connectivity index (χ1) is 8.63.